The van der Waals surface area contributed by atoms with E-state index < -0.39 is 25.2 Å². The van der Waals surface area contributed by atoms with E-state index in [1.807, 2.05) is 13.0 Å². The molecule has 1 atom stereocenters. The molecule has 162 valence electrons. The van der Waals surface area contributed by atoms with Crippen LogP contribution in [0, 0.1) is 6.92 Å². The van der Waals surface area contributed by atoms with Crippen molar-refractivity contribution in [3.8, 4) is 0 Å². The Morgan fingerprint density at radius 1 is 0.871 bits per heavy atom. The number of aryl methyl sites for hydroxylation is 1. The van der Waals surface area contributed by atoms with E-state index in [0.29, 0.717) is 12.0 Å². The Labute approximate surface area is 182 Å². The number of fused-ring (bicyclic) bond motifs is 1. The highest BCUT2D eigenvalue weighted by atomic mass is 32.2. The molecule has 0 aliphatic carbocycles. The molecule has 1 aliphatic rings. The predicted molar refractivity (Wildman–Crippen MR) is 119 cm³/mol. The molecule has 3 aromatic rings. The Morgan fingerprint density at radius 2 is 1.58 bits per heavy atom. The summed E-state index contributed by atoms with van der Waals surface area (Å²) in [4.78, 5) is 0.399. The molecule has 8 heteroatoms. The molecule has 1 heterocycles. The van der Waals surface area contributed by atoms with Crippen molar-refractivity contribution >= 4 is 25.6 Å². The average molecular weight is 458 g/mol. The van der Waals surface area contributed by atoms with E-state index in [4.69, 9.17) is 4.18 Å². The van der Waals surface area contributed by atoms with Gasteiger partial charge in [-0.1, -0.05) is 54.1 Å². The molecule has 1 N–H and O–H groups in total. The number of benzene rings is 3. The summed E-state index contributed by atoms with van der Waals surface area (Å²) in [6.45, 7) is 2.11. The molecule has 31 heavy (non-hydrogen) atoms. The summed E-state index contributed by atoms with van der Waals surface area (Å²) < 4.78 is 56.2. The smallest absolute Gasteiger partial charge is 0.296 e. The summed E-state index contributed by atoms with van der Waals surface area (Å²) in [5.74, 6) is 0. The van der Waals surface area contributed by atoms with Gasteiger partial charge >= 0.3 is 0 Å². The highest BCUT2D eigenvalue weighted by molar-refractivity contribution is 7.91. The summed E-state index contributed by atoms with van der Waals surface area (Å²) in [7, 11) is -7.39. The zero-order chi connectivity index (χ0) is 22.1. The van der Waals surface area contributed by atoms with Gasteiger partial charge in [0, 0.05) is 12.2 Å². The summed E-state index contributed by atoms with van der Waals surface area (Å²) >= 11 is 0. The summed E-state index contributed by atoms with van der Waals surface area (Å²) in [6, 6.07) is 20.3. The predicted octanol–water partition coefficient (Wildman–Crippen LogP) is 3.88. The van der Waals surface area contributed by atoms with Crippen molar-refractivity contribution in [2.45, 2.75) is 28.4 Å². The third-order valence-corrected chi connectivity index (χ3v) is 8.79. The second-order valence-corrected chi connectivity index (χ2v) is 11.2. The molecule has 0 bridgehead atoms. The first-order valence-corrected chi connectivity index (χ1v) is 12.9. The molecular formula is C23H23NO5S2. The Balaban J connectivity index is 1.51. The Bertz CT molecular complexity index is 1290. The first-order valence-electron chi connectivity index (χ1n) is 9.90. The topological polar surface area (TPSA) is 89.5 Å². The molecule has 0 radical (unpaired) electrons. The standard InChI is InChI=1S/C23H23NO5S2/c1-17-10-12-20(13-11-17)31(27,28)29-15-14-18-6-5-9-21-22(16-24-23(18)21)30(25,26)19-7-3-2-4-8-19/h2-13,22,24H,14-16H2,1H3. The molecule has 0 aromatic heterocycles. The van der Waals surface area contributed by atoms with Crippen LogP contribution in [0.25, 0.3) is 0 Å². The number of anilines is 1. The van der Waals surface area contributed by atoms with Crippen LogP contribution in [0.3, 0.4) is 0 Å². The second-order valence-electron chi connectivity index (χ2n) is 7.45. The van der Waals surface area contributed by atoms with Gasteiger partial charge in [-0.2, -0.15) is 8.42 Å². The Morgan fingerprint density at radius 3 is 2.29 bits per heavy atom. The zero-order valence-corrected chi connectivity index (χ0v) is 18.6. The molecular weight excluding hydrogens is 434 g/mol. The van der Waals surface area contributed by atoms with Gasteiger partial charge in [0.25, 0.3) is 10.1 Å². The van der Waals surface area contributed by atoms with Crippen LogP contribution >= 0.6 is 0 Å². The van der Waals surface area contributed by atoms with Gasteiger partial charge in [-0.25, -0.2) is 8.42 Å². The molecule has 3 aromatic carbocycles. The highest BCUT2D eigenvalue weighted by Crippen LogP contribution is 2.40. The fraction of sp³-hybridized carbons (Fsp3) is 0.217. The van der Waals surface area contributed by atoms with Crippen LogP contribution in [0.5, 0.6) is 0 Å². The van der Waals surface area contributed by atoms with Gasteiger partial charge in [0.05, 0.1) is 16.4 Å². The lowest BCUT2D eigenvalue weighted by atomic mass is 10.1. The Hall–Kier alpha value is -2.68. The molecule has 6 nitrogen and oxygen atoms in total. The fourth-order valence-electron chi connectivity index (χ4n) is 3.70. The minimum absolute atomic E-state index is 0.0373. The van der Waals surface area contributed by atoms with Crippen LogP contribution in [-0.4, -0.2) is 30.0 Å². The lowest BCUT2D eigenvalue weighted by molar-refractivity contribution is 0.322. The Kier molecular flexibility index (Phi) is 5.88. The van der Waals surface area contributed by atoms with Crippen molar-refractivity contribution in [3.63, 3.8) is 0 Å². The fourth-order valence-corrected chi connectivity index (χ4v) is 6.31. The van der Waals surface area contributed by atoms with Crippen LogP contribution in [0.4, 0.5) is 5.69 Å². The minimum atomic E-state index is -3.85. The van der Waals surface area contributed by atoms with Crippen molar-refractivity contribution in [1.29, 1.82) is 0 Å². The largest absolute Gasteiger partial charge is 0.383 e. The number of para-hydroxylation sites is 1. The van der Waals surface area contributed by atoms with E-state index in [2.05, 4.69) is 5.32 Å². The van der Waals surface area contributed by atoms with Gasteiger partial charge in [0.1, 0.15) is 5.25 Å². The number of sulfone groups is 1. The van der Waals surface area contributed by atoms with Crippen molar-refractivity contribution in [1.82, 2.24) is 0 Å². The zero-order valence-electron chi connectivity index (χ0n) is 17.0. The number of hydrogen-bond acceptors (Lipinski definition) is 6. The highest BCUT2D eigenvalue weighted by Gasteiger charge is 2.35. The summed E-state index contributed by atoms with van der Waals surface area (Å²) in [5, 5.41) is 2.50. The second kappa shape index (κ2) is 8.45. The lowest BCUT2D eigenvalue weighted by Gasteiger charge is -2.13. The van der Waals surface area contributed by atoms with Crippen LogP contribution in [-0.2, 0) is 30.6 Å². The maximum Gasteiger partial charge on any atom is 0.296 e. The average Bonchev–Trinajstić information content (AvgIpc) is 3.20. The lowest BCUT2D eigenvalue weighted by Crippen LogP contribution is -2.15. The molecule has 0 amide bonds. The van der Waals surface area contributed by atoms with Crippen LogP contribution in [0.1, 0.15) is 21.9 Å². The monoisotopic (exact) mass is 457 g/mol. The number of hydrogen-bond donors (Lipinski definition) is 1. The molecule has 0 spiro atoms. The van der Waals surface area contributed by atoms with Crippen LogP contribution < -0.4 is 5.32 Å². The maximum absolute atomic E-state index is 13.1. The number of rotatable bonds is 7. The van der Waals surface area contributed by atoms with Gasteiger partial charge in [0.2, 0.25) is 0 Å². The van der Waals surface area contributed by atoms with Gasteiger partial charge < -0.3 is 5.32 Å². The molecule has 1 aliphatic heterocycles. The minimum Gasteiger partial charge on any atom is -0.383 e. The summed E-state index contributed by atoms with van der Waals surface area (Å²) in [6.07, 6.45) is 0.333. The van der Waals surface area contributed by atoms with Crippen molar-refractivity contribution in [2.24, 2.45) is 0 Å². The van der Waals surface area contributed by atoms with E-state index >= 15 is 0 Å². The van der Waals surface area contributed by atoms with Crippen LogP contribution in [0.2, 0.25) is 0 Å². The van der Waals surface area contributed by atoms with E-state index in [0.717, 1.165) is 16.8 Å². The van der Waals surface area contributed by atoms with Gasteiger partial charge in [-0.05, 0) is 48.7 Å². The molecule has 0 fully saturated rings. The first kappa shape index (κ1) is 21.5. The SMILES string of the molecule is Cc1ccc(S(=O)(=O)OCCc2cccc3c2NCC3S(=O)(=O)c2ccccc2)cc1. The van der Waals surface area contributed by atoms with E-state index in [1.54, 1.807) is 54.6 Å². The van der Waals surface area contributed by atoms with Crippen molar-refractivity contribution in [2.75, 3.05) is 18.5 Å². The molecule has 0 saturated carbocycles. The van der Waals surface area contributed by atoms with Gasteiger partial charge in [-0.3, -0.25) is 4.18 Å². The van der Waals surface area contributed by atoms with Crippen LogP contribution in [0.15, 0.2) is 82.6 Å². The van der Waals surface area contributed by atoms with Crippen molar-refractivity contribution in [3.05, 3.63) is 89.5 Å². The van der Waals surface area contributed by atoms with E-state index in [9.17, 15) is 16.8 Å². The third kappa shape index (κ3) is 4.37. The molecule has 4 rings (SSSR count). The summed E-state index contributed by atoms with van der Waals surface area (Å²) in [5.41, 5.74) is 3.22. The molecule has 1 unspecified atom stereocenters. The number of nitrogens with one attached hydrogen (secondary N) is 1. The molecule has 0 saturated heterocycles. The van der Waals surface area contributed by atoms with E-state index in [1.165, 1.54) is 12.1 Å². The van der Waals surface area contributed by atoms with Crippen molar-refractivity contribution < 1.29 is 21.0 Å². The van der Waals surface area contributed by atoms with Gasteiger partial charge in [0.15, 0.2) is 9.84 Å². The first-order chi connectivity index (χ1) is 14.8. The maximum atomic E-state index is 13.1. The quantitative estimate of drug-likeness (QED) is 0.542. The van der Waals surface area contributed by atoms with Gasteiger partial charge in [-0.15, -0.1) is 0 Å². The normalized spacial score (nSPS) is 16.0. The van der Waals surface area contributed by atoms with E-state index in [-0.39, 0.29) is 22.9 Å². The third-order valence-electron chi connectivity index (χ3n) is 5.36.